The predicted molar refractivity (Wildman–Crippen MR) is 69.8 cm³/mol. The van der Waals surface area contributed by atoms with Crippen molar-refractivity contribution in [3.05, 3.63) is 58.8 Å². The Labute approximate surface area is 121 Å². The van der Waals surface area contributed by atoms with Gasteiger partial charge in [-0.3, -0.25) is 0 Å². The van der Waals surface area contributed by atoms with Crippen LogP contribution in [0.3, 0.4) is 0 Å². The molecule has 0 atom stereocenters. The van der Waals surface area contributed by atoms with Gasteiger partial charge < -0.3 is 0 Å². The maximum Gasteiger partial charge on any atom is 0.195 e. The van der Waals surface area contributed by atoms with Gasteiger partial charge in [0, 0.05) is 0 Å². The molecule has 2 aromatic carbocycles. The minimum absolute atomic E-state index is 0.0223. The lowest BCUT2D eigenvalue weighted by Gasteiger charge is -2.07. The fraction of sp³-hybridized carbons (Fsp3) is 0. The average molecular weight is 313 g/mol. The Morgan fingerprint density at radius 3 is 2.33 bits per heavy atom. The van der Waals surface area contributed by atoms with Crippen LogP contribution in [0.4, 0.5) is 17.6 Å². The first kappa shape index (κ1) is 13.8. The van der Waals surface area contributed by atoms with Crippen LogP contribution in [0.25, 0.3) is 22.3 Å². The van der Waals surface area contributed by atoms with Crippen molar-refractivity contribution < 1.29 is 17.6 Å². The third kappa shape index (κ3) is 2.21. The van der Waals surface area contributed by atoms with E-state index in [2.05, 4.69) is 9.97 Å². The second-order valence-corrected chi connectivity index (χ2v) is 4.55. The van der Waals surface area contributed by atoms with Crippen molar-refractivity contribution in [2.24, 2.45) is 0 Å². The molecule has 2 nitrogen and oxygen atoms in total. The first-order valence-corrected chi connectivity index (χ1v) is 6.12. The Balaban J connectivity index is 2.30. The molecule has 0 saturated carbocycles. The summed E-state index contributed by atoms with van der Waals surface area (Å²) in [7, 11) is 0. The van der Waals surface area contributed by atoms with E-state index in [9.17, 15) is 17.6 Å². The second kappa shape index (κ2) is 4.96. The van der Waals surface area contributed by atoms with Crippen LogP contribution in [0.15, 0.2) is 30.3 Å². The summed E-state index contributed by atoms with van der Waals surface area (Å²) >= 11 is 5.86. The molecule has 0 aliphatic rings. The predicted octanol–water partition coefficient (Wildman–Crippen LogP) is 4.51. The summed E-state index contributed by atoms with van der Waals surface area (Å²) in [5, 5.41) is -0.261. The number of benzene rings is 2. The molecule has 0 aliphatic carbocycles. The minimum atomic E-state index is -1.63. The average Bonchev–Trinajstić information content (AvgIpc) is 2.44. The van der Waals surface area contributed by atoms with Gasteiger partial charge in [-0.2, -0.15) is 0 Å². The standard InChI is InChI=1S/C14H5ClF4N2/c15-13-10-7(16)2-1-3-9(10)20-14(21-13)6-4-5-8(17)12(19)11(6)18/h1-5H. The van der Waals surface area contributed by atoms with E-state index in [0.29, 0.717) is 0 Å². The highest BCUT2D eigenvalue weighted by Crippen LogP contribution is 2.29. The van der Waals surface area contributed by atoms with Crippen molar-refractivity contribution in [2.75, 3.05) is 0 Å². The van der Waals surface area contributed by atoms with Crippen molar-refractivity contribution >= 4 is 22.5 Å². The van der Waals surface area contributed by atoms with Crippen LogP contribution in [0.2, 0.25) is 5.15 Å². The van der Waals surface area contributed by atoms with E-state index in [1.54, 1.807) is 0 Å². The number of hydrogen-bond donors (Lipinski definition) is 0. The highest BCUT2D eigenvalue weighted by atomic mass is 35.5. The molecule has 0 radical (unpaired) electrons. The molecule has 0 unspecified atom stereocenters. The van der Waals surface area contributed by atoms with Gasteiger partial charge in [0.25, 0.3) is 0 Å². The van der Waals surface area contributed by atoms with Gasteiger partial charge in [-0.05, 0) is 24.3 Å². The van der Waals surface area contributed by atoms with Crippen molar-refractivity contribution in [2.45, 2.75) is 0 Å². The fourth-order valence-electron chi connectivity index (χ4n) is 1.92. The van der Waals surface area contributed by atoms with E-state index in [4.69, 9.17) is 11.6 Å². The Kier molecular flexibility index (Phi) is 3.25. The fourth-order valence-corrected chi connectivity index (χ4v) is 2.18. The first-order valence-electron chi connectivity index (χ1n) is 5.74. The Morgan fingerprint density at radius 1 is 0.810 bits per heavy atom. The van der Waals surface area contributed by atoms with Gasteiger partial charge in [0.05, 0.1) is 16.5 Å². The molecular weight excluding hydrogens is 308 g/mol. The number of nitrogens with zero attached hydrogens (tertiary/aromatic N) is 2. The third-order valence-corrected chi connectivity index (χ3v) is 3.18. The van der Waals surface area contributed by atoms with Gasteiger partial charge in [0.15, 0.2) is 23.3 Å². The molecule has 0 amide bonds. The van der Waals surface area contributed by atoms with Gasteiger partial charge >= 0.3 is 0 Å². The molecule has 21 heavy (non-hydrogen) atoms. The summed E-state index contributed by atoms with van der Waals surface area (Å²) in [4.78, 5) is 7.68. The SMILES string of the molecule is Fc1ccc(-c2nc(Cl)c3c(F)cccc3n2)c(F)c1F. The van der Waals surface area contributed by atoms with Crippen LogP contribution in [-0.2, 0) is 0 Å². The minimum Gasteiger partial charge on any atom is -0.228 e. The lowest BCUT2D eigenvalue weighted by Crippen LogP contribution is -1.99. The third-order valence-electron chi connectivity index (χ3n) is 2.90. The molecule has 0 N–H and O–H groups in total. The van der Waals surface area contributed by atoms with E-state index in [0.717, 1.165) is 12.1 Å². The maximum absolute atomic E-state index is 13.7. The van der Waals surface area contributed by atoms with Crippen LogP contribution >= 0.6 is 11.6 Å². The van der Waals surface area contributed by atoms with Crippen LogP contribution in [-0.4, -0.2) is 9.97 Å². The number of halogens is 5. The largest absolute Gasteiger partial charge is 0.228 e. The summed E-state index contributed by atoms with van der Waals surface area (Å²) in [6.07, 6.45) is 0. The summed E-state index contributed by atoms with van der Waals surface area (Å²) < 4.78 is 53.6. The van der Waals surface area contributed by atoms with E-state index in [-0.39, 0.29) is 27.4 Å². The zero-order chi connectivity index (χ0) is 15.1. The molecular formula is C14H5ClF4N2. The van der Waals surface area contributed by atoms with Crippen molar-refractivity contribution in [3.63, 3.8) is 0 Å². The summed E-state index contributed by atoms with van der Waals surface area (Å²) in [6, 6.07) is 5.76. The van der Waals surface area contributed by atoms with E-state index in [1.165, 1.54) is 18.2 Å². The van der Waals surface area contributed by atoms with Crippen LogP contribution in [0, 0.1) is 23.3 Å². The van der Waals surface area contributed by atoms with Gasteiger partial charge in [0.2, 0.25) is 0 Å². The molecule has 0 bridgehead atoms. The quantitative estimate of drug-likeness (QED) is 0.375. The number of aromatic nitrogens is 2. The molecule has 0 fully saturated rings. The van der Waals surface area contributed by atoms with Crippen molar-refractivity contribution in [1.82, 2.24) is 9.97 Å². The van der Waals surface area contributed by atoms with E-state index in [1.807, 2.05) is 0 Å². The number of hydrogen-bond acceptors (Lipinski definition) is 2. The molecule has 1 aromatic heterocycles. The Morgan fingerprint density at radius 2 is 1.57 bits per heavy atom. The highest BCUT2D eigenvalue weighted by molar-refractivity contribution is 6.34. The summed E-state index contributed by atoms with van der Waals surface area (Å²) in [5.74, 6) is -5.27. The lowest BCUT2D eigenvalue weighted by atomic mass is 10.1. The van der Waals surface area contributed by atoms with E-state index < -0.39 is 23.3 Å². The van der Waals surface area contributed by atoms with Crippen molar-refractivity contribution in [1.29, 1.82) is 0 Å². The molecule has 1 heterocycles. The number of fused-ring (bicyclic) bond motifs is 1. The first-order chi connectivity index (χ1) is 9.99. The molecule has 3 rings (SSSR count). The maximum atomic E-state index is 13.7. The normalized spacial score (nSPS) is 11.1. The smallest absolute Gasteiger partial charge is 0.195 e. The summed E-state index contributed by atoms with van der Waals surface area (Å²) in [5.41, 5.74) is -0.226. The molecule has 106 valence electrons. The molecule has 0 aliphatic heterocycles. The second-order valence-electron chi connectivity index (χ2n) is 4.19. The van der Waals surface area contributed by atoms with Gasteiger partial charge in [-0.1, -0.05) is 17.7 Å². The summed E-state index contributed by atoms with van der Waals surface area (Å²) in [6.45, 7) is 0. The van der Waals surface area contributed by atoms with Crippen LogP contribution in [0.5, 0.6) is 0 Å². The monoisotopic (exact) mass is 312 g/mol. The Bertz CT molecular complexity index is 867. The van der Waals surface area contributed by atoms with E-state index >= 15 is 0 Å². The highest BCUT2D eigenvalue weighted by Gasteiger charge is 2.18. The zero-order valence-electron chi connectivity index (χ0n) is 10.2. The van der Waals surface area contributed by atoms with Gasteiger partial charge in [0.1, 0.15) is 11.0 Å². The van der Waals surface area contributed by atoms with Crippen LogP contribution < -0.4 is 0 Å². The lowest BCUT2D eigenvalue weighted by molar-refractivity contribution is 0.448. The van der Waals surface area contributed by atoms with Gasteiger partial charge in [-0.25, -0.2) is 27.5 Å². The number of rotatable bonds is 1. The van der Waals surface area contributed by atoms with Crippen LogP contribution in [0.1, 0.15) is 0 Å². The molecule has 7 heteroatoms. The van der Waals surface area contributed by atoms with Gasteiger partial charge in [-0.15, -0.1) is 0 Å². The molecule has 3 aromatic rings. The Hall–Kier alpha value is -2.21. The topological polar surface area (TPSA) is 25.8 Å². The zero-order valence-corrected chi connectivity index (χ0v) is 10.9. The van der Waals surface area contributed by atoms with Crippen molar-refractivity contribution in [3.8, 4) is 11.4 Å². The molecule has 0 spiro atoms. The molecule has 0 saturated heterocycles.